The third-order valence-electron chi connectivity index (χ3n) is 5.68. The number of nitrogens with zero attached hydrogens (tertiary/aromatic N) is 2. The Morgan fingerprint density at radius 3 is 2.47 bits per heavy atom. The van der Waals surface area contributed by atoms with E-state index in [0.717, 1.165) is 50.4 Å². The Morgan fingerprint density at radius 1 is 1.16 bits per heavy atom. The lowest BCUT2D eigenvalue weighted by Gasteiger charge is -2.29. The molecule has 0 spiro atoms. The van der Waals surface area contributed by atoms with E-state index >= 15 is 0 Å². The van der Waals surface area contributed by atoms with Crippen molar-refractivity contribution in [3.63, 3.8) is 0 Å². The van der Waals surface area contributed by atoms with E-state index in [9.17, 15) is 13.2 Å². The van der Waals surface area contributed by atoms with Crippen molar-refractivity contribution in [2.45, 2.75) is 30.3 Å². The van der Waals surface area contributed by atoms with Gasteiger partial charge >= 0.3 is 0 Å². The number of hydrogen-bond donors (Lipinski definition) is 1. The molecule has 1 amide bonds. The molecule has 1 aliphatic carbocycles. The molecular formula is C23H29N3O5S. The Labute approximate surface area is 189 Å². The van der Waals surface area contributed by atoms with Crippen molar-refractivity contribution >= 4 is 21.6 Å². The van der Waals surface area contributed by atoms with Gasteiger partial charge < -0.3 is 19.3 Å². The predicted molar refractivity (Wildman–Crippen MR) is 122 cm³/mol. The van der Waals surface area contributed by atoms with Gasteiger partial charge in [0.2, 0.25) is 10.0 Å². The topological polar surface area (TPSA) is 88.2 Å². The summed E-state index contributed by atoms with van der Waals surface area (Å²) in [4.78, 5) is 16.9. The Bertz CT molecular complexity index is 1060. The highest BCUT2D eigenvalue weighted by molar-refractivity contribution is 7.89. The van der Waals surface area contributed by atoms with Crippen LogP contribution in [0.1, 0.15) is 28.8 Å². The highest BCUT2D eigenvalue weighted by Crippen LogP contribution is 2.29. The average molecular weight is 460 g/mol. The molecule has 1 N–H and O–H groups in total. The van der Waals surface area contributed by atoms with Crippen LogP contribution in [0.3, 0.4) is 0 Å². The van der Waals surface area contributed by atoms with Crippen LogP contribution >= 0.6 is 0 Å². The highest BCUT2D eigenvalue weighted by atomic mass is 32.2. The number of sulfonamides is 1. The molecule has 0 aromatic heterocycles. The minimum absolute atomic E-state index is 0.0129. The summed E-state index contributed by atoms with van der Waals surface area (Å²) in [6, 6.07) is 12.6. The quantitative estimate of drug-likeness (QED) is 0.652. The minimum atomic E-state index is -3.76. The summed E-state index contributed by atoms with van der Waals surface area (Å²) in [5.74, 6) is -0.0381. The fraction of sp³-hybridized carbons (Fsp3) is 0.435. The van der Waals surface area contributed by atoms with E-state index in [1.54, 1.807) is 18.0 Å². The number of ether oxygens (including phenoxy) is 2. The first kappa shape index (κ1) is 22.6. The third-order valence-corrected chi connectivity index (χ3v) is 7.22. The van der Waals surface area contributed by atoms with Crippen LogP contribution < -0.4 is 14.4 Å². The van der Waals surface area contributed by atoms with Gasteiger partial charge in [-0.15, -0.1) is 0 Å². The largest absolute Gasteiger partial charge is 0.495 e. The monoisotopic (exact) mass is 459 g/mol. The number of hydrogen-bond acceptors (Lipinski definition) is 6. The lowest BCUT2D eigenvalue weighted by atomic mass is 10.1. The number of carbonyl (C=O) groups is 1. The second kappa shape index (κ2) is 9.48. The number of amides is 1. The molecule has 2 aromatic rings. The fourth-order valence-electron chi connectivity index (χ4n) is 3.70. The van der Waals surface area contributed by atoms with Gasteiger partial charge in [-0.3, -0.25) is 4.79 Å². The van der Waals surface area contributed by atoms with Gasteiger partial charge in [0.25, 0.3) is 5.91 Å². The first-order valence-corrected chi connectivity index (χ1v) is 12.2. The summed E-state index contributed by atoms with van der Waals surface area (Å²) in [5, 5.41) is 0. The molecule has 1 saturated carbocycles. The molecule has 1 heterocycles. The second-order valence-corrected chi connectivity index (χ2v) is 9.87. The van der Waals surface area contributed by atoms with E-state index < -0.39 is 10.0 Å². The first-order chi connectivity index (χ1) is 15.4. The predicted octanol–water partition coefficient (Wildman–Crippen LogP) is 2.24. The first-order valence-electron chi connectivity index (χ1n) is 10.7. The lowest BCUT2D eigenvalue weighted by Crippen LogP contribution is -2.36. The van der Waals surface area contributed by atoms with E-state index in [2.05, 4.69) is 21.8 Å². The van der Waals surface area contributed by atoms with Gasteiger partial charge in [0.05, 0.1) is 20.3 Å². The van der Waals surface area contributed by atoms with Crippen LogP contribution in [0, 0.1) is 0 Å². The van der Waals surface area contributed by atoms with Gasteiger partial charge in [0.15, 0.2) is 0 Å². The molecule has 172 valence electrons. The molecule has 2 aromatic carbocycles. The molecular weight excluding hydrogens is 430 g/mol. The van der Waals surface area contributed by atoms with Crippen molar-refractivity contribution in [2.24, 2.45) is 0 Å². The van der Waals surface area contributed by atoms with Gasteiger partial charge in [0.1, 0.15) is 10.6 Å². The molecule has 0 bridgehead atoms. The summed E-state index contributed by atoms with van der Waals surface area (Å²) in [6.07, 6.45) is 1.65. The maximum atomic E-state index is 13.0. The zero-order valence-corrected chi connectivity index (χ0v) is 19.2. The van der Waals surface area contributed by atoms with Crippen molar-refractivity contribution < 1.29 is 22.7 Å². The number of carbonyl (C=O) groups excluding carboxylic acids is 1. The molecule has 2 aliphatic rings. The molecule has 2 fully saturated rings. The summed E-state index contributed by atoms with van der Waals surface area (Å²) in [5.41, 5.74) is 2.43. The molecule has 0 unspecified atom stereocenters. The van der Waals surface area contributed by atoms with Crippen LogP contribution in [0.25, 0.3) is 0 Å². The van der Waals surface area contributed by atoms with E-state index in [1.807, 2.05) is 12.1 Å². The summed E-state index contributed by atoms with van der Waals surface area (Å²) < 4.78 is 38.7. The SMILES string of the molecule is COc1ccc(C(=O)N(C)Cc2ccc(N3CCOCC3)cc2)cc1S(=O)(=O)NC1CC1. The number of anilines is 1. The molecule has 1 aliphatic heterocycles. The van der Waals surface area contributed by atoms with Crippen LogP contribution in [0.5, 0.6) is 5.75 Å². The van der Waals surface area contributed by atoms with Gasteiger partial charge in [-0.25, -0.2) is 13.1 Å². The maximum Gasteiger partial charge on any atom is 0.253 e. The maximum absolute atomic E-state index is 13.0. The normalized spacial score (nSPS) is 16.6. The minimum Gasteiger partial charge on any atom is -0.495 e. The van der Waals surface area contributed by atoms with Crippen molar-refractivity contribution in [1.82, 2.24) is 9.62 Å². The fourth-order valence-corrected chi connectivity index (χ4v) is 5.20. The Balaban J connectivity index is 1.47. The van der Waals surface area contributed by atoms with Crippen molar-refractivity contribution in [1.29, 1.82) is 0 Å². The van der Waals surface area contributed by atoms with Crippen molar-refractivity contribution in [2.75, 3.05) is 45.4 Å². The molecule has 0 atom stereocenters. The number of methoxy groups -OCH3 is 1. The van der Waals surface area contributed by atoms with E-state index in [0.29, 0.717) is 12.1 Å². The van der Waals surface area contributed by atoms with Gasteiger partial charge in [-0.1, -0.05) is 12.1 Å². The number of rotatable bonds is 8. The van der Waals surface area contributed by atoms with Crippen molar-refractivity contribution in [3.05, 3.63) is 53.6 Å². The lowest BCUT2D eigenvalue weighted by molar-refractivity contribution is 0.0784. The van der Waals surface area contributed by atoms with E-state index in [1.165, 1.54) is 19.2 Å². The Hall–Kier alpha value is -2.62. The molecule has 8 nitrogen and oxygen atoms in total. The summed E-state index contributed by atoms with van der Waals surface area (Å²) in [7, 11) is -0.631. The number of morpholine rings is 1. The Kier molecular flexibility index (Phi) is 6.68. The molecule has 32 heavy (non-hydrogen) atoms. The smallest absolute Gasteiger partial charge is 0.253 e. The zero-order chi connectivity index (χ0) is 22.7. The number of nitrogens with one attached hydrogen (secondary N) is 1. The number of benzene rings is 2. The van der Waals surface area contributed by atoms with Gasteiger partial charge in [-0.05, 0) is 48.7 Å². The van der Waals surface area contributed by atoms with Crippen LogP contribution in [0.2, 0.25) is 0 Å². The third kappa shape index (κ3) is 5.23. The van der Waals surface area contributed by atoms with Crippen molar-refractivity contribution in [3.8, 4) is 5.75 Å². The molecule has 4 rings (SSSR count). The van der Waals surface area contributed by atoms with E-state index in [4.69, 9.17) is 9.47 Å². The van der Waals surface area contributed by atoms with Crippen LogP contribution in [0.4, 0.5) is 5.69 Å². The van der Waals surface area contributed by atoms with Crippen LogP contribution in [-0.4, -0.2) is 65.7 Å². The second-order valence-electron chi connectivity index (χ2n) is 8.19. The Morgan fingerprint density at radius 2 is 1.84 bits per heavy atom. The standard InChI is InChI=1S/C23H29N3O5S/c1-25(16-17-3-8-20(9-4-17)26-11-13-31-14-12-26)23(27)18-5-10-21(30-2)22(15-18)32(28,29)24-19-6-7-19/h3-5,8-10,15,19,24H,6-7,11-14,16H2,1-2H3. The molecule has 0 radical (unpaired) electrons. The highest BCUT2D eigenvalue weighted by Gasteiger charge is 2.30. The van der Waals surface area contributed by atoms with Crippen LogP contribution in [0.15, 0.2) is 47.4 Å². The molecule has 9 heteroatoms. The molecule has 1 saturated heterocycles. The average Bonchev–Trinajstić information content (AvgIpc) is 3.62. The summed E-state index contributed by atoms with van der Waals surface area (Å²) >= 11 is 0. The van der Waals surface area contributed by atoms with Crippen LogP contribution in [-0.2, 0) is 21.3 Å². The zero-order valence-electron chi connectivity index (χ0n) is 18.4. The van der Waals surface area contributed by atoms with E-state index in [-0.39, 0.29) is 22.6 Å². The van der Waals surface area contributed by atoms with Gasteiger partial charge in [-0.2, -0.15) is 0 Å². The summed E-state index contributed by atoms with van der Waals surface area (Å²) in [6.45, 7) is 3.62. The van der Waals surface area contributed by atoms with Gasteiger partial charge in [0, 0.05) is 44.0 Å².